The summed E-state index contributed by atoms with van der Waals surface area (Å²) in [5.41, 5.74) is 1.51. The largest absolute Gasteiger partial charge is 0.494 e. The van der Waals surface area contributed by atoms with Gasteiger partial charge in [0.15, 0.2) is 0 Å². The fourth-order valence-electron chi connectivity index (χ4n) is 2.54. The molecule has 22 heavy (non-hydrogen) atoms. The maximum absolute atomic E-state index is 12.4. The average molecular weight is 316 g/mol. The molecule has 0 bridgehead atoms. The van der Waals surface area contributed by atoms with E-state index in [4.69, 9.17) is 16.3 Å². The van der Waals surface area contributed by atoms with Crippen molar-refractivity contribution in [2.75, 3.05) is 6.61 Å². The van der Waals surface area contributed by atoms with Crippen molar-refractivity contribution in [1.29, 1.82) is 0 Å². The molecule has 1 aliphatic carbocycles. The van der Waals surface area contributed by atoms with Crippen LogP contribution in [0.15, 0.2) is 48.5 Å². The Morgan fingerprint density at radius 3 is 2.32 bits per heavy atom. The fraction of sp³-hybridized carbons (Fsp3) is 0.278. The number of carbonyl (C=O) groups is 1. The Morgan fingerprint density at radius 1 is 1.14 bits per heavy atom. The minimum atomic E-state index is -0.236. The lowest BCUT2D eigenvalue weighted by Gasteiger charge is -2.18. The zero-order chi connectivity index (χ0) is 15.6. The molecular weight excluding hydrogens is 298 g/mol. The van der Waals surface area contributed by atoms with Crippen molar-refractivity contribution in [1.82, 2.24) is 5.32 Å². The van der Waals surface area contributed by atoms with E-state index >= 15 is 0 Å². The lowest BCUT2D eigenvalue weighted by atomic mass is 10.0. The van der Waals surface area contributed by atoms with E-state index in [0.717, 1.165) is 24.2 Å². The first-order valence-electron chi connectivity index (χ1n) is 7.44. The smallest absolute Gasteiger partial charge is 0.251 e. The topological polar surface area (TPSA) is 38.3 Å². The Hall–Kier alpha value is -2.00. The number of ether oxygens (including phenoxy) is 1. The van der Waals surface area contributed by atoms with E-state index in [1.165, 1.54) is 0 Å². The summed E-state index contributed by atoms with van der Waals surface area (Å²) in [5.74, 6) is 0.716. The second-order valence-corrected chi connectivity index (χ2v) is 5.94. The number of hydrogen-bond donors (Lipinski definition) is 1. The van der Waals surface area contributed by atoms with Gasteiger partial charge in [0, 0.05) is 10.6 Å². The summed E-state index contributed by atoms with van der Waals surface area (Å²) in [7, 11) is 0. The summed E-state index contributed by atoms with van der Waals surface area (Å²) in [5, 5.41) is 3.85. The van der Waals surface area contributed by atoms with Gasteiger partial charge >= 0.3 is 0 Å². The molecule has 1 fully saturated rings. The molecule has 3 rings (SSSR count). The molecule has 0 aromatic heterocycles. The van der Waals surface area contributed by atoms with Gasteiger partial charge in [-0.1, -0.05) is 23.7 Å². The zero-order valence-corrected chi connectivity index (χ0v) is 13.2. The highest BCUT2D eigenvalue weighted by atomic mass is 35.5. The Kier molecular flexibility index (Phi) is 4.08. The van der Waals surface area contributed by atoms with Gasteiger partial charge in [0.25, 0.3) is 5.91 Å². The van der Waals surface area contributed by atoms with Crippen molar-refractivity contribution in [2.45, 2.75) is 25.3 Å². The van der Waals surface area contributed by atoms with E-state index in [9.17, 15) is 4.79 Å². The molecule has 1 N–H and O–H groups in total. The molecule has 1 aliphatic rings. The number of rotatable bonds is 5. The molecule has 0 atom stereocenters. The molecule has 114 valence electrons. The maximum Gasteiger partial charge on any atom is 0.251 e. The number of carbonyl (C=O) groups excluding carboxylic acids is 1. The highest BCUT2D eigenvalue weighted by molar-refractivity contribution is 6.30. The lowest BCUT2D eigenvalue weighted by molar-refractivity contribution is 0.0931. The van der Waals surface area contributed by atoms with Crippen LogP contribution in [0.1, 0.15) is 35.7 Å². The molecule has 2 aromatic carbocycles. The van der Waals surface area contributed by atoms with Crippen molar-refractivity contribution in [3.63, 3.8) is 0 Å². The summed E-state index contributed by atoms with van der Waals surface area (Å²) in [6, 6.07) is 14.9. The highest BCUT2D eigenvalue weighted by Gasteiger charge is 2.45. The van der Waals surface area contributed by atoms with Crippen LogP contribution in [-0.2, 0) is 5.54 Å². The molecule has 0 spiro atoms. The summed E-state index contributed by atoms with van der Waals surface area (Å²) in [4.78, 5) is 12.4. The van der Waals surface area contributed by atoms with Gasteiger partial charge in [-0.3, -0.25) is 4.79 Å². The molecule has 4 heteroatoms. The number of nitrogens with one attached hydrogen (secondary N) is 1. The first-order chi connectivity index (χ1) is 10.6. The number of halogens is 1. The quantitative estimate of drug-likeness (QED) is 0.899. The Labute approximate surface area is 135 Å². The molecule has 1 saturated carbocycles. The fourth-order valence-corrected chi connectivity index (χ4v) is 2.66. The minimum Gasteiger partial charge on any atom is -0.494 e. The molecule has 1 amide bonds. The zero-order valence-electron chi connectivity index (χ0n) is 12.4. The Morgan fingerprint density at radius 2 is 1.77 bits per heavy atom. The normalized spacial score (nSPS) is 15.2. The van der Waals surface area contributed by atoms with E-state index in [1.807, 2.05) is 43.3 Å². The van der Waals surface area contributed by atoms with Gasteiger partial charge in [-0.25, -0.2) is 0 Å². The molecule has 2 aromatic rings. The number of hydrogen-bond acceptors (Lipinski definition) is 2. The van der Waals surface area contributed by atoms with Crippen LogP contribution in [-0.4, -0.2) is 12.5 Å². The number of amides is 1. The summed E-state index contributed by atoms with van der Waals surface area (Å²) in [6.45, 7) is 2.55. The molecule has 0 saturated heterocycles. The van der Waals surface area contributed by atoms with E-state index in [1.54, 1.807) is 12.1 Å². The van der Waals surface area contributed by atoms with Crippen molar-refractivity contribution in [2.24, 2.45) is 0 Å². The second kappa shape index (κ2) is 6.01. The van der Waals surface area contributed by atoms with E-state index in [-0.39, 0.29) is 11.4 Å². The van der Waals surface area contributed by atoms with E-state index < -0.39 is 0 Å². The third-order valence-electron chi connectivity index (χ3n) is 3.93. The second-order valence-electron chi connectivity index (χ2n) is 5.50. The molecule has 0 heterocycles. The SMILES string of the molecule is CCOc1ccc(C(=O)NC2(c3ccc(Cl)cc3)CC2)cc1. The third kappa shape index (κ3) is 3.09. The standard InChI is InChI=1S/C18H18ClNO2/c1-2-22-16-9-3-13(4-10-16)17(21)20-18(11-12-18)14-5-7-15(19)8-6-14/h3-10H,2,11-12H2,1H3,(H,20,21). The minimum absolute atomic E-state index is 0.0597. The van der Waals surface area contributed by atoms with Crippen molar-refractivity contribution < 1.29 is 9.53 Å². The van der Waals surface area contributed by atoms with Crippen molar-refractivity contribution in [3.8, 4) is 5.75 Å². The van der Waals surface area contributed by atoms with E-state index in [2.05, 4.69) is 5.32 Å². The van der Waals surface area contributed by atoms with Crippen LogP contribution in [0.3, 0.4) is 0 Å². The highest BCUT2D eigenvalue weighted by Crippen LogP contribution is 2.45. The van der Waals surface area contributed by atoms with Crippen LogP contribution >= 0.6 is 11.6 Å². The van der Waals surface area contributed by atoms with Crippen molar-refractivity contribution in [3.05, 3.63) is 64.7 Å². The average Bonchev–Trinajstić information content (AvgIpc) is 3.29. The van der Waals surface area contributed by atoms with Crippen molar-refractivity contribution >= 4 is 17.5 Å². The van der Waals surface area contributed by atoms with Crippen LogP contribution in [0.2, 0.25) is 5.02 Å². The van der Waals surface area contributed by atoms with Crippen LogP contribution in [0, 0.1) is 0 Å². The summed E-state index contributed by atoms with van der Waals surface area (Å²) in [6.07, 6.45) is 1.91. The third-order valence-corrected chi connectivity index (χ3v) is 4.18. The van der Waals surface area contributed by atoms with Crippen LogP contribution in [0.25, 0.3) is 0 Å². The van der Waals surface area contributed by atoms with Crippen LogP contribution in [0.4, 0.5) is 0 Å². The molecule has 0 aliphatic heterocycles. The Balaban J connectivity index is 1.72. The van der Waals surface area contributed by atoms with Crippen LogP contribution < -0.4 is 10.1 Å². The molecular formula is C18H18ClNO2. The van der Waals surface area contributed by atoms with Crippen LogP contribution in [0.5, 0.6) is 5.75 Å². The lowest BCUT2D eigenvalue weighted by Crippen LogP contribution is -2.34. The Bertz CT molecular complexity index is 660. The maximum atomic E-state index is 12.4. The molecule has 3 nitrogen and oxygen atoms in total. The summed E-state index contributed by atoms with van der Waals surface area (Å²) < 4.78 is 5.39. The first-order valence-corrected chi connectivity index (χ1v) is 7.82. The van der Waals surface area contributed by atoms with E-state index in [0.29, 0.717) is 17.2 Å². The van der Waals surface area contributed by atoms with Gasteiger partial charge in [0.1, 0.15) is 5.75 Å². The van der Waals surface area contributed by atoms with Gasteiger partial charge in [0.2, 0.25) is 0 Å². The number of benzene rings is 2. The predicted molar refractivity (Wildman–Crippen MR) is 87.4 cm³/mol. The van der Waals surface area contributed by atoms with Gasteiger partial charge in [0.05, 0.1) is 12.1 Å². The first kappa shape index (κ1) is 14.9. The van der Waals surface area contributed by atoms with Gasteiger partial charge < -0.3 is 10.1 Å². The van der Waals surface area contributed by atoms with Gasteiger partial charge in [-0.15, -0.1) is 0 Å². The van der Waals surface area contributed by atoms with Gasteiger partial charge in [-0.05, 0) is 61.7 Å². The summed E-state index contributed by atoms with van der Waals surface area (Å²) >= 11 is 5.93. The monoisotopic (exact) mass is 315 g/mol. The molecule has 0 unspecified atom stereocenters. The predicted octanol–water partition coefficient (Wildman–Crippen LogP) is 4.16. The van der Waals surface area contributed by atoms with Gasteiger partial charge in [-0.2, -0.15) is 0 Å². The molecule has 0 radical (unpaired) electrons.